The lowest BCUT2D eigenvalue weighted by molar-refractivity contribution is -0.123. The first kappa shape index (κ1) is 22.6. The Bertz CT molecular complexity index is 996. The summed E-state index contributed by atoms with van der Waals surface area (Å²) in [7, 11) is 0. The smallest absolute Gasteiger partial charge is 0.270 e. The van der Waals surface area contributed by atoms with E-state index in [-0.39, 0.29) is 23.1 Å². The van der Waals surface area contributed by atoms with Gasteiger partial charge in [-0.2, -0.15) is 5.26 Å². The van der Waals surface area contributed by atoms with Gasteiger partial charge in [0.25, 0.3) is 11.5 Å². The van der Waals surface area contributed by atoms with Crippen molar-refractivity contribution in [2.75, 3.05) is 18.0 Å². The Morgan fingerprint density at radius 1 is 1.20 bits per heavy atom. The summed E-state index contributed by atoms with van der Waals surface area (Å²) in [6.45, 7) is 9.78. The number of anilines is 1. The molecule has 0 aromatic carbocycles. The predicted molar refractivity (Wildman–Crippen MR) is 127 cm³/mol. The van der Waals surface area contributed by atoms with Crippen molar-refractivity contribution in [3.05, 3.63) is 31.9 Å². The Hall–Kier alpha value is -2.11. The third-order valence-corrected chi connectivity index (χ3v) is 7.01. The van der Waals surface area contributed by atoms with Crippen molar-refractivity contribution in [2.45, 2.75) is 66.0 Å². The molecule has 8 heteroatoms. The van der Waals surface area contributed by atoms with Crippen LogP contribution in [0.2, 0.25) is 0 Å². The van der Waals surface area contributed by atoms with Crippen molar-refractivity contribution in [1.29, 1.82) is 5.26 Å². The van der Waals surface area contributed by atoms with Gasteiger partial charge in [0.1, 0.15) is 21.8 Å². The Labute approximate surface area is 187 Å². The number of carbonyl (C=O) groups excluding carboxylic acids is 1. The van der Waals surface area contributed by atoms with Crippen LogP contribution in [0.25, 0.3) is 6.08 Å². The molecule has 1 aromatic rings. The monoisotopic (exact) mass is 444 g/mol. The second kappa shape index (κ2) is 9.36. The van der Waals surface area contributed by atoms with Crippen LogP contribution < -0.4 is 10.5 Å². The predicted octanol–water partition coefficient (Wildman–Crippen LogP) is 4.04. The van der Waals surface area contributed by atoms with Crippen LogP contribution >= 0.6 is 24.0 Å². The van der Waals surface area contributed by atoms with E-state index in [0.717, 1.165) is 37.3 Å². The minimum absolute atomic E-state index is 0.0196. The average molecular weight is 445 g/mol. The van der Waals surface area contributed by atoms with Crippen LogP contribution in [0.5, 0.6) is 0 Å². The fourth-order valence-electron chi connectivity index (χ4n) is 4.12. The molecule has 3 rings (SSSR count). The van der Waals surface area contributed by atoms with Crippen LogP contribution in [-0.2, 0) is 11.3 Å². The van der Waals surface area contributed by atoms with E-state index in [1.807, 2.05) is 26.8 Å². The number of amides is 1. The van der Waals surface area contributed by atoms with Gasteiger partial charge in [-0.05, 0) is 52.2 Å². The maximum Gasteiger partial charge on any atom is 0.270 e. The highest BCUT2D eigenvalue weighted by atomic mass is 32.2. The summed E-state index contributed by atoms with van der Waals surface area (Å²) in [6.07, 6.45) is 6.30. The van der Waals surface area contributed by atoms with E-state index in [0.29, 0.717) is 21.3 Å². The quantitative estimate of drug-likeness (QED) is 0.516. The van der Waals surface area contributed by atoms with E-state index in [4.69, 9.17) is 12.2 Å². The molecule has 1 amide bonds. The van der Waals surface area contributed by atoms with Crippen LogP contribution in [0.3, 0.4) is 0 Å². The molecule has 2 fully saturated rings. The zero-order chi connectivity index (χ0) is 22.0. The fraction of sp³-hybridized carbons (Fsp3) is 0.545. The minimum Gasteiger partial charge on any atom is -0.357 e. The zero-order valence-corrected chi connectivity index (χ0v) is 19.7. The first-order chi connectivity index (χ1) is 14.3. The maximum atomic E-state index is 13.0. The maximum absolute atomic E-state index is 13.0. The van der Waals surface area contributed by atoms with Crippen molar-refractivity contribution in [1.82, 2.24) is 9.47 Å². The molecule has 160 valence electrons. The second-order valence-electron chi connectivity index (χ2n) is 7.95. The SMILES string of the molecule is CCn1c(N2CCCCCC2)c(/C=C2/SC(=S)N(C(C)C)C2=O)c(C)c(C#N)c1=O. The molecular weight excluding hydrogens is 416 g/mol. The van der Waals surface area contributed by atoms with Crippen molar-refractivity contribution in [2.24, 2.45) is 0 Å². The summed E-state index contributed by atoms with van der Waals surface area (Å²) in [5.74, 6) is 0.699. The number of thioether (sulfide) groups is 1. The van der Waals surface area contributed by atoms with Crippen LogP contribution in [0.1, 0.15) is 63.1 Å². The standard InChI is InChI=1S/C22H28N4O2S2/c1-5-25-19(24-10-8-6-7-9-11-24)16(15(4)17(13-23)20(25)27)12-18-21(28)26(14(2)3)22(29)30-18/h12,14H,5-11H2,1-4H3/b18-12+. The molecule has 0 spiro atoms. The van der Waals surface area contributed by atoms with Gasteiger partial charge in [0.05, 0.1) is 4.91 Å². The lowest BCUT2D eigenvalue weighted by Gasteiger charge is -2.29. The Morgan fingerprint density at radius 2 is 1.83 bits per heavy atom. The molecule has 2 aliphatic rings. The lowest BCUT2D eigenvalue weighted by atomic mass is 10.0. The number of thiocarbonyl (C=S) groups is 1. The molecule has 0 atom stereocenters. The van der Waals surface area contributed by atoms with Crippen molar-refractivity contribution in [3.8, 4) is 6.07 Å². The summed E-state index contributed by atoms with van der Waals surface area (Å²) in [4.78, 5) is 30.4. The van der Waals surface area contributed by atoms with Crippen molar-refractivity contribution in [3.63, 3.8) is 0 Å². The molecular formula is C22H28N4O2S2. The minimum atomic E-state index is -0.261. The van der Waals surface area contributed by atoms with Crippen molar-refractivity contribution < 1.29 is 4.79 Å². The number of carbonyl (C=O) groups is 1. The second-order valence-corrected chi connectivity index (χ2v) is 9.62. The molecule has 0 bridgehead atoms. The van der Waals surface area contributed by atoms with Gasteiger partial charge in [-0.15, -0.1) is 0 Å². The Morgan fingerprint density at radius 3 is 2.33 bits per heavy atom. The number of hydrogen-bond donors (Lipinski definition) is 0. The van der Waals surface area contributed by atoms with Crippen molar-refractivity contribution >= 4 is 46.1 Å². The molecule has 0 aliphatic carbocycles. The third-order valence-electron chi connectivity index (χ3n) is 5.68. The molecule has 0 radical (unpaired) electrons. The first-order valence-corrected chi connectivity index (χ1v) is 11.7. The van der Waals surface area contributed by atoms with E-state index < -0.39 is 0 Å². The van der Waals surface area contributed by atoms with Gasteiger partial charge in [0.2, 0.25) is 0 Å². The highest BCUT2D eigenvalue weighted by Gasteiger charge is 2.34. The number of nitrogens with zero attached hydrogens (tertiary/aromatic N) is 4. The van der Waals surface area contributed by atoms with Crippen LogP contribution in [-0.4, -0.2) is 38.8 Å². The number of nitriles is 1. The van der Waals surface area contributed by atoms with E-state index in [9.17, 15) is 14.9 Å². The topological polar surface area (TPSA) is 69.3 Å². The Balaban J connectivity index is 2.25. The van der Waals surface area contributed by atoms with E-state index in [1.54, 1.807) is 16.4 Å². The van der Waals surface area contributed by atoms with Gasteiger partial charge < -0.3 is 4.90 Å². The summed E-state index contributed by atoms with van der Waals surface area (Å²) >= 11 is 6.71. The molecule has 2 aliphatic heterocycles. The summed E-state index contributed by atoms with van der Waals surface area (Å²) in [5.41, 5.74) is 1.28. The van der Waals surface area contributed by atoms with Gasteiger partial charge in [0.15, 0.2) is 0 Å². The molecule has 6 nitrogen and oxygen atoms in total. The van der Waals surface area contributed by atoms with Gasteiger partial charge in [0, 0.05) is 31.2 Å². The fourth-order valence-corrected chi connectivity index (χ4v) is 5.62. The van der Waals surface area contributed by atoms with E-state index in [1.165, 1.54) is 24.6 Å². The van der Waals surface area contributed by atoms with Gasteiger partial charge >= 0.3 is 0 Å². The van der Waals surface area contributed by atoms with Crippen LogP contribution in [0.4, 0.5) is 5.82 Å². The summed E-state index contributed by atoms with van der Waals surface area (Å²) in [6, 6.07) is 2.06. The molecule has 1 aromatic heterocycles. The van der Waals surface area contributed by atoms with Gasteiger partial charge in [-0.25, -0.2) is 0 Å². The van der Waals surface area contributed by atoms with E-state index >= 15 is 0 Å². The molecule has 0 N–H and O–H groups in total. The van der Waals surface area contributed by atoms with E-state index in [2.05, 4.69) is 11.0 Å². The number of hydrogen-bond acceptors (Lipinski definition) is 6. The summed E-state index contributed by atoms with van der Waals surface area (Å²) < 4.78 is 2.23. The number of rotatable bonds is 4. The van der Waals surface area contributed by atoms with Crippen LogP contribution in [0, 0.1) is 18.3 Å². The summed E-state index contributed by atoms with van der Waals surface area (Å²) in [5, 5.41) is 9.66. The van der Waals surface area contributed by atoms with Gasteiger partial charge in [-0.3, -0.25) is 19.1 Å². The molecule has 30 heavy (non-hydrogen) atoms. The highest BCUT2D eigenvalue weighted by molar-refractivity contribution is 8.26. The number of aromatic nitrogens is 1. The molecule has 3 heterocycles. The lowest BCUT2D eigenvalue weighted by Crippen LogP contribution is -2.35. The third kappa shape index (κ3) is 4.06. The van der Waals surface area contributed by atoms with Gasteiger partial charge in [-0.1, -0.05) is 36.8 Å². The Kier molecular flexibility index (Phi) is 7.04. The zero-order valence-electron chi connectivity index (χ0n) is 18.0. The number of pyridine rings is 1. The first-order valence-electron chi connectivity index (χ1n) is 10.5. The average Bonchev–Trinajstić information content (AvgIpc) is 2.87. The normalized spacial score (nSPS) is 19.0. The molecule has 0 unspecified atom stereocenters. The highest BCUT2D eigenvalue weighted by Crippen LogP contribution is 2.37. The largest absolute Gasteiger partial charge is 0.357 e. The van der Waals surface area contributed by atoms with Crippen LogP contribution in [0.15, 0.2) is 9.70 Å². The molecule has 2 saturated heterocycles. The molecule has 0 saturated carbocycles.